The molecule has 0 aromatic heterocycles. The van der Waals surface area contributed by atoms with Crippen LogP contribution < -0.4 is 5.32 Å². The lowest BCUT2D eigenvalue weighted by Gasteiger charge is -2.43. The van der Waals surface area contributed by atoms with Crippen molar-refractivity contribution in [2.24, 2.45) is 5.92 Å². The molecular formula is C19H21NO. The quantitative estimate of drug-likeness (QED) is 0.821. The summed E-state index contributed by atoms with van der Waals surface area (Å²) in [7, 11) is 0. The molecule has 1 N–H and O–H groups in total. The van der Waals surface area contributed by atoms with E-state index in [4.69, 9.17) is 4.74 Å². The third kappa shape index (κ3) is 2.24. The molecule has 2 aliphatic rings. The second-order valence-corrected chi connectivity index (χ2v) is 6.22. The van der Waals surface area contributed by atoms with Crippen LogP contribution in [-0.2, 0) is 4.74 Å². The van der Waals surface area contributed by atoms with E-state index in [1.54, 1.807) is 0 Å². The van der Waals surface area contributed by atoms with Gasteiger partial charge in [-0.15, -0.1) is 0 Å². The minimum Gasteiger partial charge on any atom is -0.378 e. The van der Waals surface area contributed by atoms with Gasteiger partial charge in [0.1, 0.15) is 0 Å². The van der Waals surface area contributed by atoms with Crippen LogP contribution in [0.15, 0.2) is 48.5 Å². The molecule has 0 radical (unpaired) electrons. The molecule has 108 valence electrons. The average Bonchev–Trinajstić information content (AvgIpc) is 2.55. The second-order valence-electron chi connectivity index (χ2n) is 6.22. The van der Waals surface area contributed by atoms with Gasteiger partial charge in [-0.2, -0.15) is 0 Å². The zero-order chi connectivity index (χ0) is 14.2. The Morgan fingerprint density at radius 2 is 1.95 bits per heavy atom. The maximum Gasteiger partial charge on any atom is 0.0895 e. The second kappa shape index (κ2) is 5.19. The molecule has 0 saturated carbocycles. The molecule has 1 unspecified atom stereocenters. The Bertz CT molecular complexity index is 637. The number of aryl methyl sites for hydroxylation is 1. The van der Waals surface area contributed by atoms with Crippen molar-refractivity contribution >= 4 is 5.69 Å². The lowest BCUT2D eigenvalue weighted by Crippen LogP contribution is -2.36. The van der Waals surface area contributed by atoms with Gasteiger partial charge in [0.2, 0.25) is 0 Å². The molecule has 1 saturated heterocycles. The smallest absolute Gasteiger partial charge is 0.0895 e. The van der Waals surface area contributed by atoms with Crippen molar-refractivity contribution in [3.8, 4) is 0 Å². The number of nitrogens with one attached hydrogen (secondary N) is 1. The summed E-state index contributed by atoms with van der Waals surface area (Å²) in [6.45, 7) is 3.04. The van der Waals surface area contributed by atoms with Crippen molar-refractivity contribution in [3.05, 3.63) is 65.2 Å². The lowest BCUT2D eigenvalue weighted by atomic mass is 9.77. The number of anilines is 1. The molecule has 4 rings (SSSR count). The molecule has 2 aromatic rings. The van der Waals surface area contributed by atoms with E-state index in [1.807, 2.05) is 0 Å². The Morgan fingerprint density at radius 3 is 2.81 bits per heavy atom. The summed E-state index contributed by atoms with van der Waals surface area (Å²) in [4.78, 5) is 0. The first-order valence-electron chi connectivity index (χ1n) is 7.86. The Balaban J connectivity index is 1.79. The third-order valence-electron chi connectivity index (χ3n) is 4.78. The number of ether oxygens (including phenoxy) is 1. The zero-order valence-corrected chi connectivity index (χ0v) is 12.4. The zero-order valence-electron chi connectivity index (χ0n) is 12.4. The van der Waals surface area contributed by atoms with E-state index in [0.717, 1.165) is 13.0 Å². The minimum absolute atomic E-state index is 0.236. The summed E-state index contributed by atoms with van der Waals surface area (Å²) < 4.78 is 6.18. The molecule has 21 heavy (non-hydrogen) atoms. The molecule has 2 aromatic carbocycles. The number of fused-ring (bicyclic) bond motifs is 3. The van der Waals surface area contributed by atoms with Crippen LogP contribution in [0.2, 0.25) is 0 Å². The van der Waals surface area contributed by atoms with Crippen LogP contribution in [0, 0.1) is 12.8 Å². The van der Waals surface area contributed by atoms with Gasteiger partial charge in [0, 0.05) is 23.8 Å². The first-order valence-corrected chi connectivity index (χ1v) is 7.86. The molecule has 2 heteroatoms. The van der Waals surface area contributed by atoms with Crippen molar-refractivity contribution in [2.75, 3.05) is 11.9 Å². The first kappa shape index (κ1) is 12.9. The van der Waals surface area contributed by atoms with Crippen molar-refractivity contribution < 1.29 is 4.74 Å². The van der Waals surface area contributed by atoms with Gasteiger partial charge < -0.3 is 10.1 Å². The molecule has 2 nitrogen and oxygen atoms in total. The Labute approximate surface area is 126 Å². The van der Waals surface area contributed by atoms with E-state index in [1.165, 1.54) is 28.8 Å². The van der Waals surface area contributed by atoms with E-state index in [-0.39, 0.29) is 6.10 Å². The van der Waals surface area contributed by atoms with Crippen LogP contribution >= 0.6 is 0 Å². The van der Waals surface area contributed by atoms with Crippen molar-refractivity contribution in [1.29, 1.82) is 0 Å². The minimum atomic E-state index is 0.236. The monoisotopic (exact) mass is 279 g/mol. The highest BCUT2D eigenvalue weighted by atomic mass is 16.5. The summed E-state index contributed by atoms with van der Waals surface area (Å²) in [5.41, 5.74) is 5.25. The van der Waals surface area contributed by atoms with Crippen LogP contribution in [0.25, 0.3) is 0 Å². The SMILES string of the molecule is Cc1ccc2c(c1)[C@@H]1OCCC[C@@H]1C(c1ccccc1)N2. The van der Waals surface area contributed by atoms with Crippen LogP contribution in [0.3, 0.4) is 0 Å². The summed E-state index contributed by atoms with van der Waals surface area (Å²) in [6.07, 6.45) is 2.62. The highest BCUT2D eigenvalue weighted by molar-refractivity contribution is 5.58. The molecule has 0 spiro atoms. The fourth-order valence-electron chi connectivity index (χ4n) is 3.78. The normalized spacial score (nSPS) is 27.4. The molecule has 2 heterocycles. The fraction of sp³-hybridized carbons (Fsp3) is 0.368. The van der Waals surface area contributed by atoms with Gasteiger partial charge in [0.15, 0.2) is 0 Å². The third-order valence-corrected chi connectivity index (χ3v) is 4.78. The summed E-state index contributed by atoms with van der Waals surface area (Å²) in [5, 5.41) is 3.76. The standard InChI is InChI=1S/C19H21NO/c1-13-9-10-17-16(12-13)19-15(8-5-11-21-19)18(20-17)14-6-3-2-4-7-14/h2-4,6-7,9-10,12,15,18-20H,5,8,11H2,1H3/t15-,18?,19-/m1/s1. The van der Waals surface area contributed by atoms with Crippen molar-refractivity contribution in [1.82, 2.24) is 0 Å². The largest absolute Gasteiger partial charge is 0.378 e. The lowest BCUT2D eigenvalue weighted by molar-refractivity contribution is -0.0381. The highest BCUT2D eigenvalue weighted by Gasteiger charge is 2.39. The average molecular weight is 279 g/mol. The van der Waals surface area contributed by atoms with Crippen LogP contribution in [0.5, 0.6) is 0 Å². The van der Waals surface area contributed by atoms with Gasteiger partial charge in [-0.05, 0) is 31.4 Å². The highest BCUT2D eigenvalue weighted by Crippen LogP contribution is 2.49. The number of hydrogen-bond donors (Lipinski definition) is 1. The molecule has 0 amide bonds. The fourth-order valence-corrected chi connectivity index (χ4v) is 3.78. The summed E-state index contributed by atoms with van der Waals surface area (Å²) in [5.74, 6) is 0.524. The van der Waals surface area contributed by atoms with Crippen LogP contribution in [-0.4, -0.2) is 6.61 Å². The molecular weight excluding hydrogens is 258 g/mol. The van der Waals surface area contributed by atoms with E-state index in [0.29, 0.717) is 12.0 Å². The van der Waals surface area contributed by atoms with E-state index >= 15 is 0 Å². The molecule has 1 fully saturated rings. The van der Waals surface area contributed by atoms with Crippen molar-refractivity contribution in [2.45, 2.75) is 31.9 Å². The Hall–Kier alpha value is -1.80. The van der Waals surface area contributed by atoms with Crippen LogP contribution in [0.4, 0.5) is 5.69 Å². The first-order chi connectivity index (χ1) is 10.3. The van der Waals surface area contributed by atoms with Gasteiger partial charge in [-0.1, -0.05) is 48.0 Å². The molecule has 3 atom stereocenters. The van der Waals surface area contributed by atoms with Gasteiger partial charge >= 0.3 is 0 Å². The number of benzene rings is 2. The predicted octanol–water partition coefficient (Wildman–Crippen LogP) is 4.63. The van der Waals surface area contributed by atoms with E-state index in [9.17, 15) is 0 Å². The summed E-state index contributed by atoms with van der Waals surface area (Å²) in [6, 6.07) is 17.8. The van der Waals surface area contributed by atoms with Gasteiger partial charge in [0.05, 0.1) is 12.1 Å². The summed E-state index contributed by atoms with van der Waals surface area (Å²) >= 11 is 0. The van der Waals surface area contributed by atoms with Gasteiger partial charge in [-0.25, -0.2) is 0 Å². The van der Waals surface area contributed by atoms with E-state index < -0.39 is 0 Å². The topological polar surface area (TPSA) is 21.3 Å². The Morgan fingerprint density at radius 1 is 1.10 bits per heavy atom. The number of hydrogen-bond acceptors (Lipinski definition) is 2. The molecule has 0 aliphatic carbocycles. The Kier molecular flexibility index (Phi) is 3.19. The maximum atomic E-state index is 6.18. The number of rotatable bonds is 1. The predicted molar refractivity (Wildman–Crippen MR) is 85.4 cm³/mol. The van der Waals surface area contributed by atoms with Gasteiger partial charge in [-0.3, -0.25) is 0 Å². The van der Waals surface area contributed by atoms with Gasteiger partial charge in [0.25, 0.3) is 0 Å². The molecule has 0 bridgehead atoms. The maximum absolute atomic E-state index is 6.18. The molecule has 2 aliphatic heterocycles. The van der Waals surface area contributed by atoms with Crippen LogP contribution in [0.1, 0.15) is 41.7 Å². The van der Waals surface area contributed by atoms with Crippen molar-refractivity contribution in [3.63, 3.8) is 0 Å². The van der Waals surface area contributed by atoms with E-state index in [2.05, 4.69) is 60.8 Å².